The maximum Gasteiger partial charge on any atom is 0.225 e. The van der Waals surface area contributed by atoms with E-state index in [0.717, 1.165) is 19.6 Å². The van der Waals surface area contributed by atoms with Crippen molar-refractivity contribution in [3.8, 4) is 0 Å². The van der Waals surface area contributed by atoms with Crippen LogP contribution < -0.4 is 0 Å². The third kappa shape index (κ3) is 1.44. The van der Waals surface area contributed by atoms with Crippen LogP contribution in [0.4, 0.5) is 0 Å². The topological polar surface area (TPSA) is 23.6 Å². The van der Waals surface area contributed by atoms with Gasteiger partial charge in [-0.3, -0.25) is 9.69 Å². The molecule has 2 atom stereocenters. The first-order valence-corrected chi connectivity index (χ1v) is 5.68. The van der Waals surface area contributed by atoms with Crippen LogP contribution in [0.25, 0.3) is 0 Å². The summed E-state index contributed by atoms with van der Waals surface area (Å²) in [6.07, 6.45) is 1.20. The Hall–Kier alpha value is -0.570. The van der Waals surface area contributed by atoms with Crippen LogP contribution in [0, 0.1) is 5.92 Å². The first-order chi connectivity index (χ1) is 6.63. The van der Waals surface area contributed by atoms with Gasteiger partial charge in [0.2, 0.25) is 5.91 Å². The second-order valence-corrected chi connectivity index (χ2v) is 4.78. The zero-order valence-electron chi connectivity index (χ0n) is 9.36. The number of carbonyl (C=O) groups excluding carboxylic acids is 1. The highest BCUT2D eigenvalue weighted by Crippen LogP contribution is 2.31. The van der Waals surface area contributed by atoms with E-state index >= 15 is 0 Å². The highest BCUT2D eigenvalue weighted by Gasteiger charge is 2.44. The Kier molecular flexibility index (Phi) is 2.52. The smallest absolute Gasteiger partial charge is 0.225 e. The molecule has 0 radical (unpaired) electrons. The Balaban J connectivity index is 1.99. The van der Waals surface area contributed by atoms with Crippen molar-refractivity contribution in [3.05, 3.63) is 0 Å². The van der Waals surface area contributed by atoms with Crippen LogP contribution in [0.15, 0.2) is 0 Å². The average molecular weight is 196 g/mol. The predicted molar refractivity (Wildman–Crippen MR) is 56.0 cm³/mol. The molecule has 0 N–H and O–H groups in total. The first kappa shape index (κ1) is 9.97. The number of likely N-dealkylation sites (N-methyl/N-ethyl adjacent to an activating group) is 1. The van der Waals surface area contributed by atoms with Crippen molar-refractivity contribution in [2.24, 2.45) is 5.92 Å². The minimum atomic E-state index is 0.157. The van der Waals surface area contributed by atoms with Gasteiger partial charge in [-0.2, -0.15) is 0 Å². The second-order valence-electron chi connectivity index (χ2n) is 4.78. The van der Waals surface area contributed by atoms with Gasteiger partial charge in [0.1, 0.15) is 0 Å². The van der Waals surface area contributed by atoms with E-state index in [9.17, 15) is 4.79 Å². The summed E-state index contributed by atoms with van der Waals surface area (Å²) >= 11 is 0. The molecule has 0 saturated carbocycles. The SMILES string of the molecule is CCN1CC2CC1CN2C(=O)C(C)C. The van der Waals surface area contributed by atoms with Gasteiger partial charge in [-0.1, -0.05) is 20.8 Å². The van der Waals surface area contributed by atoms with Crippen molar-refractivity contribution in [1.29, 1.82) is 0 Å². The Morgan fingerprint density at radius 2 is 2.07 bits per heavy atom. The summed E-state index contributed by atoms with van der Waals surface area (Å²) < 4.78 is 0. The molecule has 2 heterocycles. The maximum absolute atomic E-state index is 11.8. The third-order valence-electron chi connectivity index (χ3n) is 3.54. The van der Waals surface area contributed by atoms with Crippen LogP contribution in [-0.2, 0) is 4.79 Å². The number of piperazine rings is 1. The van der Waals surface area contributed by atoms with E-state index in [1.54, 1.807) is 0 Å². The van der Waals surface area contributed by atoms with Gasteiger partial charge in [-0.05, 0) is 13.0 Å². The van der Waals surface area contributed by atoms with Crippen LogP contribution in [0.2, 0.25) is 0 Å². The summed E-state index contributed by atoms with van der Waals surface area (Å²) in [5.74, 6) is 0.498. The van der Waals surface area contributed by atoms with Crippen molar-refractivity contribution in [2.75, 3.05) is 19.6 Å². The maximum atomic E-state index is 11.8. The lowest BCUT2D eigenvalue weighted by atomic mass is 10.1. The lowest BCUT2D eigenvalue weighted by Crippen LogP contribution is -2.49. The largest absolute Gasteiger partial charge is 0.337 e. The third-order valence-corrected chi connectivity index (χ3v) is 3.54. The van der Waals surface area contributed by atoms with Crippen LogP contribution >= 0.6 is 0 Å². The molecule has 80 valence electrons. The molecule has 14 heavy (non-hydrogen) atoms. The number of hydrogen-bond donors (Lipinski definition) is 0. The van der Waals surface area contributed by atoms with E-state index in [0.29, 0.717) is 18.0 Å². The molecule has 2 fully saturated rings. The highest BCUT2D eigenvalue weighted by molar-refractivity contribution is 5.79. The number of nitrogens with zero attached hydrogens (tertiary/aromatic N) is 2. The fraction of sp³-hybridized carbons (Fsp3) is 0.909. The quantitative estimate of drug-likeness (QED) is 0.656. The van der Waals surface area contributed by atoms with Gasteiger partial charge in [0.25, 0.3) is 0 Å². The van der Waals surface area contributed by atoms with Gasteiger partial charge in [-0.25, -0.2) is 0 Å². The summed E-state index contributed by atoms with van der Waals surface area (Å²) in [7, 11) is 0. The van der Waals surface area contributed by atoms with Crippen molar-refractivity contribution in [1.82, 2.24) is 9.80 Å². The highest BCUT2D eigenvalue weighted by atomic mass is 16.2. The number of rotatable bonds is 2. The van der Waals surface area contributed by atoms with Crippen LogP contribution in [0.3, 0.4) is 0 Å². The molecule has 3 heteroatoms. The molecule has 2 unspecified atom stereocenters. The lowest BCUT2D eigenvalue weighted by Gasteiger charge is -2.34. The van der Waals surface area contributed by atoms with E-state index < -0.39 is 0 Å². The van der Waals surface area contributed by atoms with Crippen molar-refractivity contribution >= 4 is 5.91 Å². The van der Waals surface area contributed by atoms with E-state index in [4.69, 9.17) is 0 Å². The van der Waals surface area contributed by atoms with E-state index in [2.05, 4.69) is 16.7 Å². The van der Waals surface area contributed by atoms with E-state index in [-0.39, 0.29) is 5.92 Å². The van der Waals surface area contributed by atoms with Crippen molar-refractivity contribution in [2.45, 2.75) is 39.3 Å². The van der Waals surface area contributed by atoms with Gasteiger partial charge in [0.15, 0.2) is 0 Å². The van der Waals surface area contributed by atoms with E-state index in [1.807, 2.05) is 13.8 Å². The van der Waals surface area contributed by atoms with Gasteiger partial charge in [0, 0.05) is 31.1 Å². The Morgan fingerprint density at radius 1 is 1.36 bits per heavy atom. The lowest BCUT2D eigenvalue weighted by molar-refractivity contribution is -0.136. The molecule has 3 nitrogen and oxygen atoms in total. The van der Waals surface area contributed by atoms with Crippen LogP contribution in [0.5, 0.6) is 0 Å². The summed E-state index contributed by atoms with van der Waals surface area (Å²) in [4.78, 5) is 16.4. The molecule has 1 amide bonds. The minimum Gasteiger partial charge on any atom is -0.337 e. The molecule has 0 aliphatic carbocycles. The summed E-state index contributed by atoms with van der Waals surface area (Å²) in [6.45, 7) is 9.38. The van der Waals surface area contributed by atoms with Crippen molar-refractivity contribution < 1.29 is 4.79 Å². The molecule has 2 aliphatic rings. The molecule has 0 aromatic carbocycles. The molecule has 0 aromatic rings. The molecule has 0 spiro atoms. The Morgan fingerprint density at radius 3 is 2.50 bits per heavy atom. The van der Waals surface area contributed by atoms with Crippen LogP contribution in [-0.4, -0.2) is 47.4 Å². The summed E-state index contributed by atoms with van der Waals surface area (Å²) in [5.41, 5.74) is 0. The average Bonchev–Trinajstić information content (AvgIpc) is 2.74. The van der Waals surface area contributed by atoms with Gasteiger partial charge in [-0.15, -0.1) is 0 Å². The first-order valence-electron chi connectivity index (χ1n) is 5.68. The summed E-state index contributed by atoms with van der Waals surface area (Å²) in [5, 5.41) is 0. The number of hydrogen-bond acceptors (Lipinski definition) is 2. The molecular weight excluding hydrogens is 176 g/mol. The summed E-state index contributed by atoms with van der Waals surface area (Å²) in [6, 6.07) is 1.16. The molecular formula is C11H20N2O. The van der Waals surface area contributed by atoms with Gasteiger partial charge < -0.3 is 4.90 Å². The minimum absolute atomic E-state index is 0.157. The number of fused-ring (bicyclic) bond motifs is 2. The number of amides is 1. The standard InChI is InChI=1S/C11H20N2O/c1-4-12-6-10-5-9(12)7-13(10)11(14)8(2)3/h8-10H,4-7H2,1-3H3. The number of likely N-dealkylation sites (tertiary alicyclic amines) is 2. The molecule has 2 rings (SSSR count). The Bertz CT molecular complexity index is 239. The monoisotopic (exact) mass is 196 g/mol. The molecule has 2 aliphatic heterocycles. The van der Waals surface area contributed by atoms with Gasteiger partial charge >= 0.3 is 0 Å². The normalized spacial score (nSPS) is 31.9. The fourth-order valence-electron chi connectivity index (χ4n) is 2.74. The predicted octanol–water partition coefficient (Wildman–Crippen LogP) is 0.947. The molecule has 0 aromatic heterocycles. The zero-order valence-corrected chi connectivity index (χ0v) is 9.36. The molecule has 2 saturated heterocycles. The second kappa shape index (κ2) is 3.54. The fourth-order valence-corrected chi connectivity index (χ4v) is 2.74. The Labute approximate surface area is 86.1 Å². The van der Waals surface area contributed by atoms with E-state index in [1.165, 1.54) is 6.42 Å². The molecule has 2 bridgehead atoms. The van der Waals surface area contributed by atoms with Crippen LogP contribution in [0.1, 0.15) is 27.2 Å². The van der Waals surface area contributed by atoms with Crippen molar-refractivity contribution in [3.63, 3.8) is 0 Å². The zero-order chi connectivity index (χ0) is 10.3. The van der Waals surface area contributed by atoms with Gasteiger partial charge in [0.05, 0.1) is 0 Å². The number of carbonyl (C=O) groups is 1.